The van der Waals surface area contributed by atoms with Gasteiger partial charge in [-0.05, 0) is 17.5 Å². The van der Waals surface area contributed by atoms with Crippen LogP contribution in [-0.4, -0.2) is 13.3 Å². The minimum absolute atomic E-state index is 0.455. The molecule has 0 aliphatic rings. The fourth-order valence-electron chi connectivity index (χ4n) is 1.25. The van der Waals surface area contributed by atoms with Crippen molar-refractivity contribution in [3.05, 3.63) is 29.8 Å². The van der Waals surface area contributed by atoms with Crippen LogP contribution in [0.15, 0.2) is 24.3 Å². The van der Waals surface area contributed by atoms with Crippen molar-refractivity contribution in [3.63, 3.8) is 0 Å². The molecule has 0 saturated heterocycles. The van der Waals surface area contributed by atoms with Crippen molar-refractivity contribution in [3.8, 4) is 11.1 Å². The highest BCUT2D eigenvalue weighted by atomic mass is 32.1. The Morgan fingerprint density at radius 2 is 2.25 bits per heavy atom. The zero-order valence-corrected chi connectivity index (χ0v) is 9.21. The van der Waals surface area contributed by atoms with Crippen molar-refractivity contribution in [2.45, 2.75) is 0 Å². The number of hydrogen-bond acceptors (Lipinski definition) is 5. The molecular weight excluding hydrogens is 226 g/mol. The van der Waals surface area contributed by atoms with Crippen LogP contribution < -0.4 is 4.74 Å². The molecule has 0 atom stereocenters. The normalized spacial score (nSPS) is 9.75. The van der Waals surface area contributed by atoms with Gasteiger partial charge in [0.1, 0.15) is 0 Å². The van der Waals surface area contributed by atoms with Crippen LogP contribution in [0, 0.1) is 11.3 Å². The number of methoxy groups -OCH3 is 1. The minimum atomic E-state index is -0.743. The first-order valence-corrected chi connectivity index (χ1v) is 5.24. The van der Waals surface area contributed by atoms with Crippen LogP contribution >= 0.6 is 11.3 Å². The summed E-state index contributed by atoms with van der Waals surface area (Å²) >= 11 is 1.30. The molecule has 16 heavy (non-hydrogen) atoms. The number of ether oxygens (including phenoxy) is 2. The average Bonchev–Trinajstić information content (AvgIpc) is 2.69. The van der Waals surface area contributed by atoms with E-state index < -0.39 is 6.16 Å². The number of rotatable bonds is 1. The SMILES string of the molecule is COC(=O)Oc1cc2ccc(C#N)cc2s1. The maximum atomic E-state index is 10.9. The molecule has 4 nitrogen and oxygen atoms in total. The first kappa shape index (κ1) is 10.5. The number of thiophene rings is 1. The number of carbonyl (C=O) groups excluding carboxylic acids is 1. The molecule has 2 aromatic rings. The number of hydrogen-bond donors (Lipinski definition) is 0. The summed E-state index contributed by atoms with van der Waals surface area (Å²) in [7, 11) is 1.25. The second-order valence-corrected chi connectivity index (χ2v) is 4.03. The predicted molar refractivity (Wildman–Crippen MR) is 59.6 cm³/mol. The third-order valence-electron chi connectivity index (χ3n) is 1.98. The van der Waals surface area contributed by atoms with Gasteiger partial charge in [-0.3, -0.25) is 0 Å². The van der Waals surface area contributed by atoms with E-state index in [1.165, 1.54) is 18.4 Å². The van der Waals surface area contributed by atoms with Crippen LogP contribution in [0.3, 0.4) is 0 Å². The zero-order valence-electron chi connectivity index (χ0n) is 8.39. The molecule has 80 valence electrons. The molecule has 0 aliphatic heterocycles. The van der Waals surface area contributed by atoms with Crippen molar-refractivity contribution in [2.24, 2.45) is 0 Å². The quantitative estimate of drug-likeness (QED) is 0.710. The van der Waals surface area contributed by atoms with Crippen LogP contribution in [0.25, 0.3) is 10.1 Å². The number of fused-ring (bicyclic) bond motifs is 1. The number of benzene rings is 1. The first-order valence-electron chi connectivity index (χ1n) is 4.42. The lowest BCUT2D eigenvalue weighted by Gasteiger charge is -1.96. The molecule has 0 amide bonds. The summed E-state index contributed by atoms with van der Waals surface area (Å²) in [6.07, 6.45) is -0.743. The largest absolute Gasteiger partial charge is 0.514 e. The second kappa shape index (κ2) is 4.21. The van der Waals surface area contributed by atoms with Crippen LogP contribution in [0.4, 0.5) is 4.79 Å². The van der Waals surface area contributed by atoms with E-state index in [0.29, 0.717) is 10.6 Å². The second-order valence-electron chi connectivity index (χ2n) is 2.99. The van der Waals surface area contributed by atoms with E-state index in [2.05, 4.69) is 10.8 Å². The van der Waals surface area contributed by atoms with E-state index in [0.717, 1.165) is 10.1 Å². The van der Waals surface area contributed by atoms with E-state index in [1.807, 2.05) is 6.07 Å². The number of nitriles is 1. The van der Waals surface area contributed by atoms with E-state index in [4.69, 9.17) is 10.00 Å². The van der Waals surface area contributed by atoms with Gasteiger partial charge in [-0.1, -0.05) is 17.4 Å². The molecule has 2 rings (SSSR count). The third kappa shape index (κ3) is 1.97. The highest BCUT2D eigenvalue weighted by Crippen LogP contribution is 2.32. The molecule has 0 bridgehead atoms. The summed E-state index contributed by atoms with van der Waals surface area (Å²) in [4.78, 5) is 10.9. The lowest BCUT2D eigenvalue weighted by Crippen LogP contribution is -2.05. The van der Waals surface area contributed by atoms with Gasteiger partial charge in [0.15, 0.2) is 5.06 Å². The molecule has 1 heterocycles. The smallest absolute Gasteiger partial charge is 0.437 e. The molecule has 0 aliphatic carbocycles. The Bertz CT molecular complexity index is 582. The van der Waals surface area contributed by atoms with Crippen LogP contribution in [-0.2, 0) is 4.74 Å². The third-order valence-corrected chi connectivity index (χ3v) is 2.95. The van der Waals surface area contributed by atoms with Crippen molar-refractivity contribution >= 4 is 27.6 Å². The van der Waals surface area contributed by atoms with Crippen molar-refractivity contribution < 1.29 is 14.3 Å². The molecule has 0 unspecified atom stereocenters. The maximum Gasteiger partial charge on any atom is 0.514 e. The Balaban J connectivity index is 2.37. The van der Waals surface area contributed by atoms with Crippen LogP contribution in [0.5, 0.6) is 5.06 Å². The van der Waals surface area contributed by atoms with Gasteiger partial charge in [0, 0.05) is 10.8 Å². The minimum Gasteiger partial charge on any atom is -0.437 e. The molecule has 0 fully saturated rings. The molecule has 1 aromatic carbocycles. The number of nitrogens with zero attached hydrogens (tertiary/aromatic N) is 1. The fraction of sp³-hybridized carbons (Fsp3) is 0.0909. The summed E-state index contributed by atoms with van der Waals surface area (Å²) in [5, 5.41) is 10.1. The van der Waals surface area contributed by atoms with Gasteiger partial charge in [-0.25, -0.2) is 4.79 Å². The summed E-state index contributed by atoms with van der Waals surface area (Å²) < 4.78 is 10.2. The van der Waals surface area contributed by atoms with Crippen LogP contribution in [0.1, 0.15) is 5.56 Å². The van der Waals surface area contributed by atoms with E-state index in [9.17, 15) is 4.79 Å². The van der Waals surface area contributed by atoms with Crippen molar-refractivity contribution in [1.29, 1.82) is 5.26 Å². The Hall–Kier alpha value is -2.06. The van der Waals surface area contributed by atoms with Gasteiger partial charge >= 0.3 is 6.16 Å². The fourth-order valence-corrected chi connectivity index (χ4v) is 2.19. The molecule has 0 N–H and O–H groups in total. The van der Waals surface area contributed by atoms with Gasteiger partial charge < -0.3 is 9.47 Å². The Morgan fingerprint density at radius 1 is 1.44 bits per heavy atom. The summed E-state index contributed by atoms with van der Waals surface area (Å²) in [6, 6.07) is 9.08. The van der Waals surface area contributed by atoms with E-state index in [-0.39, 0.29) is 0 Å². The first-order chi connectivity index (χ1) is 7.72. The average molecular weight is 233 g/mol. The monoisotopic (exact) mass is 233 g/mol. The molecule has 1 aromatic heterocycles. The topological polar surface area (TPSA) is 59.3 Å². The highest BCUT2D eigenvalue weighted by Gasteiger charge is 2.08. The molecule has 0 saturated carbocycles. The number of carbonyl (C=O) groups is 1. The summed E-state index contributed by atoms with van der Waals surface area (Å²) in [5.41, 5.74) is 0.582. The van der Waals surface area contributed by atoms with Crippen molar-refractivity contribution in [2.75, 3.05) is 7.11 Å². The van der Waals surface area contributed by atoms with Gasteiger partial charge in [0.2, 0.25) is 0 Å². The Morgan fingerprint density at radius 3 is 2.94 bits per heavy atom. The van der Waals surface area contributed by atoms with Crippen LogP contribution in [0.2, 0.25) is 0 Å². The van der Waals surface area contributed by atoms with Gasteiger partial charge in [-0.15, -0.1) is 0 Å². The lowest BCUT2D eigenvalue weighted by molar-refractivity contribution is 0.123. The molecule has 0 spiro atoms. The predicted octanol–water partition coefficient (Wildman–Crippen LogP) is 2.92. The zero-order chi connectivity index (χ0) is 11.5. The van der Waals surface area contributed by atoms with Gasteiger partial charge in [-0.2, -0.15) is 5.26 Å². The van der Waals surface area contributed by atoms with E-state index in [1.54, 1.807) is 18.2 Å². The lowest BCUT2D eigenvalue weighted by atomic mass is 10.2. The Kier molecular flexibility index (Phi) is 2.75. The highest BCUT2D eigenvalue weighted by molar-refractivity contribution is 7.20. The maximum absolute atomic E-state index is 10.9. The standard InChI is InChI=1S/C11H7NO3S/c1-14-11(13)15-10-5-8-3-2-7(6-12)4-9(8)16-10/h2-5H,1H3. The van der Waals surface area contributed by atoms with Crippen molar-refractivity contribution in [1.82, 2.24) is 0 Å². The molecule has 5 heteroatoms. The Labute approximate surface area is 95.6 Å². The van der Waals surface area contributed by atoms with Gasteiger partial charge in [0.05, 0.1) is 18.7 Å². The summed E-state index contributed by atoms with van der Waals surface area (Å²) in [5.74, 6) is 0. The summed E-state index contributed by atoms with van der Waals surface area (Å²) in [6.45, 7) is 0. The molecular formula is C11H7NO3S. The molecule has 0 radical (unpaired) electrons. The van der Waals surface area contributed by atoms with Gasteiger partial charge in [0.25, 0.3) is 0 Å². The van der Waals surface area contributed by atoms with E-state index >= 15 is 0 Å².